The zero-order chi connectivity index (χ0) is 22.0. The summed E-state index contributed by atoms with van der Waals surface area (Å²) in [5.74, 6) is -0.305. The lowest BCUT2D eigenvalue weighted by Crippen LogP contribution is -2.15. The fourth-order valence-corrected chi connectivity index (χ4v) is 3.37. The molecule has 0 fully saturated rings. The topological polar surface area (TPSA) is 126 Å². The normalized spacial score (nSPS) is 10.5. The van der Waals surface area contributed by atoms with Crippen LogP contribution >= 0.6 is 0 Å². The van der Waals surface area contributed by atoms with Gasteiger partial charge in [0.15, 0.2) is 11.6 Å². The Labute approximate surface area is 178 Å². The first-order chi connectivity index (χ1) is 15.0. The quantitative estimate of drug-likeness (QED) is 0.244. The van der Waals surface area contributed by atoms with Gasteiger partial charge in [0.25, 0.3) is 5.91 Å². The first kappa shape index (κ1) is 19.8. The number of nitrogens with one attached hydrogen (secondary N) is 4. The van der Waals surface area contributed by atoms with E-state index in [1.807, 2.05) is 62.4 Å². The fraction of sp³-hybridized carbons (Fsp3) is 0.0870. The molecule has 4 aromatic rings. The highest BCUT2D eigenvalue weighted by Gasteiger charge is 2.19. The van der Waals surface area contributed by atoms with E-state index >= 15 is 0 Å². The molecule has 0 atom stereocenters. The lowest BCUT2D eigenvalue weighted by atomic mass is 10.0. The van der Waals surface area contributed by atoms with Crippen molar-refractivity contribution < 1.29 is 9.90 Å². The number of phenols is 1. The van der Waals surface area contributed by atoms with Crippen molar-refractivity contribution in [2.24, 2.45) is 0 Å². The van der Waals surface area contributed by atoms with E-state index in [4.69, 9.17) is 5.26 Å². The summed E-state index contributed by atoms with van der Waals surface area (Å²) in [7, 11) is 0. The predicted octanol–water partition coefficient (Wildman–Crippen LogP) is 4.45. The van der Waals surface area contributed by atoms with Crippen molar-refractivity contribution in [1.82, 2.24) is 10.2 Å². The number of aromatic nitrogens is 2. The largest absolute Gasteiger partial charge is 0.505 e. The molecule has 1 heterocycles. The van der Waals surface area contributed by atoms with Gasteiger partial charge < -0.3 is 10.4 Å². The van der Waals surface area contributed by atoms with E-state index in [2.05, 4.69) is 26.4 Å². The van der Waals surface area contributed by atoms with Crippen molar-refractivity contribution in [3.8, 4) is 11.8 Å². The Bertz CT molecular complexity index is 1340. The van der Waals surface area contributed by atoms with Crippen molar-refractivity contribution >= 4 is 33.9 Å². The zero-order valence-corrected chi connectivity index (χ0v) is 16.9. The minimum atomic E-state index is -0.433. The molecule has 0 aliphatic heterocycles. The maximum absolute atomic E-state index is 13.0. The highest BCUT2D eigenvalue weighted by atomic mass is 16.3. The average molecular weight is 412 g/mol. The molecular formula is C23H20N6O2. The Morgan fingerprint density at radius 1 is 1.13 bits per heavy atom. The van der Waals surface area contributed by atoms with Crippen molar-refractivity contribution in [2.45, 2.75) is 13.8 Å². The maximum atomic E-state index is 13.0. The van der Waals surface area contributed by atoms with Crippen LogP contribution in [-0.4, -0.2) is 21.2 Å². The van der Waals surface area contributed by atoms with Crippen LogP contribution in [-0.2, 0) is 0 Å². The molecule has 8 nitrogen and oxygen atoms in total. The van der Waals surface area contributed by atoms with E-state index in [0.717, 1.165) is 16.5 Å². The molecule has 1 amide bonds. The van der Waals surface area contributed by atoms with E-state index in [1.54, 1.807) is 6.07 Å². The molecular weight excluding hydrogens is 392 g/mol. The number of anilines is 3. The number of carbonyl (C=O) groups excluding carboxylic acids is 1. The van der Waals surface area contributed by atoms with Gasteiger partial charge >= 0.3 is 0 Å². The molecule has 154 valence electrons. The third-order valence-corrected chi connectivity index (χ3v) is 4.97. The molecule has 0 saturated heterocycles. The van der Waals surface area contributed by atoms with Crippen LogP contribution in [0.1, 0.15) is 27.0 Å². The first-order valence-electron chi connectivity index (χ1n) is 9.56. The molecule has 0 bridgehead atoms. The summed E-state index contributed by atoms with van der Waals surface area (Å²) in [6.45, 7) is 3.90. The van der Waals surface area contributed by atoms with Crippen LogP contribution in [0.5, 0.6) is 5.75 Å². The number of nitriles is 1. The number of aromatic amines is 1. The summed E-state index contributed by atoms with van der Waals surface area (Å²) in [6, 6.07) is 16.7. The minimum absolute atomic E-state index is 0.119. The SMILES string of the molecule is Cc1ccc(NC(=O)c2cc3ccccc3c(NNc3[nH]ncc3C#N)c2O)c(C)c1. The number of H-pyrrole nitrogens is 1. The lowest BCUT2D eigenvalue weighted by Gasteiger charge is -2.16. The third kappa shape index (κ3) is 3.84. The molecule has 3 aromatic carbocycles. The second-order valence-electron chi connectivity index (χ2n) is 7.16. The molecule has 0 aliphatic rings. The van der Waals surface area contributed by atoms with E-state index in [9.17, 15) is 9.90 Å². The smallest absolute Gasteiger partial charge is 0.259 e. The van der Waals surface area contributed by atoms with Gasteiger partial charge in [-0.3, -0.25) is 20.7 Å². The van der Waals surface area contributed by atoms with E-state index < -0.39 is 5.91 Å². The van der Waals surface area contributed by atoms with Crippen molar-refractivity contribution in [2.75, 3.05) is 16.2 Å². The fourth-order valence-electron chi connectivity index (χ4n) is 3.37. The van der Waals surface area contributed by atoms with Gasteiger partial charge in [-0.15, -0.1) is 0 Å². The number of amides is 1. The molecule has 8 heteroatoms. The molecule has 0 saturated carbocycles. The van der Waals surface area contributed by atoms with Crippen LogP contribution in [0.4, 0.5) is 17.2 Å². The summed E-state index contributed by atoms with van der Waals surface area (Å²) in [6.07, 6.45) is 1.38. The summed E-state index contributed by atoms with van der Waals surface area (Å²) in [4.78, 5) is 13.0. The van der Waals surface area contributed by atoms with Crippen molar-refractivity contribution in [3.63, 3.8) is 0 Å². The summed E-state index contributed by atoms with van der Waals surface area (Å²) >= 11 is 0. The number of phenolic OH excluding ortho intramolecular Hbond substituents is 1. The molecule has 0 unspecified atom stereocenters. The number of benzene rings is 3. The number of aromatic hydroxyl groups is 1. The van der Waals surface area contributed by atoms with Gasteiger partial charge in [0.1, 0.15) is 17.3 Å². The molecule has 0 spiro atoms. The third-order valence-electron chi connectivity index (χ3n) is 4.97. The van der Waals surface area contributed by atoms with Gasteiger partial charge in [0.2, 0.25) is 0 Å². The zero-order valence-electron chi connectivity index (χ0n) is 16.9. The van der Waals surface area contributed by atoms with Gasteiger partial charge in [-0.25, -0.2) is 0 Å². The van der Waals surface area contributed by atoms with Gasteiger partial charge in [0.05, 0.1) is 11.8 Å². The molecule has 5 N–H and O–H groups in total. The number of carbonyl (C=O) groups is 1. The molecule has 0 aliphatic carbocycles. The van der Waals surface area contributed by atoms with Gasteiger partial charge in [0, 0.05) is 11.1 Å². The molecule has 31 heavy (non-hydrogen) atoms. The lowest BCUT2D eigenvalue weighted by molar-refractivity contribution is 0.102. The highest BCUT2D eigenvalue weighted by molar-refractivity contribution is 6.12. The highest BCUT2D eigenvalue weighted by Crippen LogP contribution is 2.36. The summed E-state index contributed by atoms with van der Waals surface area (Å²) < 4.78 is 0. The average Bonchev–Trinajstić information content (AvgIpc) is 3.22. The van der Waals surface area contributed by atoms with Crippen LogP contribution in [0.15, 0.2) is 54.7 Å². The standard InChI is InChI=1S/C23H20N6O2/c1-13-7-8-19(14(2)9-13)26-23(31)18-10-15-5-3-4-6-17(15)20(21(18)30)27-29-22-16(11-24)12-25-28-22/h3-10,12,27,30H,1-2H3,(H,26,31)(H2,25,28,29). The van der Waals surface area contributed by atoms with Crippen LogP contribution in [0.25, 0.3) is 10.8 Å². The molecule has 0 radical (unpaired) electrons. The number of nitrogens with zero attached hydrogens (tertiary/aromatic N) is 2. The Kier molecular flexibility index (Phi) is 5.16. The molecule has 1 aromatic heterocycles. The maximum Gasteiger partial charge on any atom is 0.259 e. The number of hydrazine groups is 1. The van der Waals surface area contributed by atoms with Crippen LogP contribution in [0.2, 0.25) is 0 Å². The second-order valence-corrected chi connectivity index (χ2v) is 7.16. The van der Waals surface area contributed by atoms with Gasteiger partial charge in [-0.05, 0) is 36.9 Å². The number of rotatable bonds is 5. The van der Waals surface area contributed by atoms with Gasteiger partial charge in [-0.2, -0.15) is 10.4 Å². The second kappa shape index (κ2) is 8.08. The Morgan fingerprint density at radius 3 is 2.71 bits per heavy atom. The number of fused-ring (bicyclic) bond motifs is 1. The number of hydrogen-bond donors (Lipinski definition) is 5. The van der Waals surface area contributed by atoms with Gasteiger partial charge in [-0.1, -0.05) is 42.0 Å². The monoisotopic (exact) mass is 412 g/mol. The van der Waals surface area contributed by atoms with E-state index in [0.29, 0.717) is 28.1 Å². The predicted molar refractivity (Wildman–Crippen MR) is 120 cm³/mol. The Hall–Kier alpha value is -4.51. The molecule has 4 rings (SSSR count). The first-order valence-corrected chi connectivity index (χ1v) is 9.56. The van der Waals surface area contributed by atoms with Crippen LogP contribution in [0.3, 0.4) is 0 Å². The van der Waals surface area contributed by atoms with E-state index in [-0.39, 0.29) is 11.3 Å². The number of aryl methyl sites for hydroxylation is 2. The minimum Gasteiger partial charge on any atom is -0.505 e. The summed E-state index contributed by atoms with van der Waals surface area (Å²) in [5.41, 5.74) is 9.18. The summed E-state index contributed by atoms with van der Waals surface area (Å²) in [5, 5.41) is 30.9. The van der Waals surface area contributed by atoms with Crippen LogP contribution in [0, 0.1) is 25.2 Å². The number of hydrogen-bond acceptors (Lipinski definition) is 6. The Balaban J connectivity index is 1.71. The van der Waals surface area contributed by atoms with Crippen LogP contribution < -0.4 is 16.2 Å². The van der Waals surface area contributed by atoms with Crippen molar-refractivity contribution in [1.29, 1.82) is 5.26 Å². The Morgan fingerprint density at radius 2 is 1.94 bits per heavy atom. The van der Waals surface area contributed by atoms with Crippen molar-refractivity contribution in [3.05, 3.63) is 77.0 Å². The van der Waals surface area contributed by atoms with E-state index in [1.165, 1.54) is 6.20 Å².